The van der Waals surface area contributed by atoms with E-state index in [1.165, 1.54) is 0 Å². The highest BCUT2D eigenvalue weighted by atomic mass is 79.9. The van der Waals surface area contributed by atoms with Gasteiger partial charge in [-0.1, -0.05) is 35.8 Å². The molecule has 1 aliphatic rings. The van der Waals surface area contributed by atoms with Gasteiger partial charge in [-0.15, -0.1) is 0 Å². The molecule has 0 atom stereocenters. The summed E-state index contributed by atoms with van der Waals surface area (Å²) in [5.74, 6) is 0.237. The Hall–Kier alpha value is -1.03. The molecule has 0 aliphatic carbocycles. The summed E-state index contributed by atoms with van der Waals surface area (Å²) >= 11 is 3.52. The molecule has 1 fully saturated rings. The standard InChI is InChI=1S/C15H21BrN2O/c1-15(2)7-6-14(19)18(9-8-15)10-11-12(16)4-3-5-13(11)17/h3-5H,6-10,17H2,1-2H3. The summed E-state index contributed by atoms with van der Waals surface area (Å²) < 4.78 is 0.976. The molecule has 3 nitrogen and oxygen atoms in total. The lowest BCUT2D eigenvalue weighted by Crippen LogP contribution is -2.30. The van der Waals surface area contributed by atoms with Crippen LogP contribution in [-0.4, -0.2) is 17.4 Å². The van der Waals surface area contributed by atoms with E-state index in [9.17, 15) is 4.79 Å². The number of hydrogen-bond acceptors (Lipinski definition) is 2. The van der Waals surface area contributed by atoms with Crippen LogP contribution in [0.2, 0.25) is 0 Å². The van der Waals surface area contributed by atoms with Crippen LogP contribution in [0.15, 0.2) is 22.7 Å². The number of benzene rings is 1. The van der Waals surface area contributed by atoms with Gasteiger partial charge >= 0.3 is 0 Å². The van der Waals surface area contributed by atoms with Gasteiger partial charge < -0.3 is 10.6 Å². The summed E-state index contributed by atoms with van der Waals surface area (Å²) in [7, 11) is 0. The molecule has 1 heterocycles. The number of hydrogen-bond donors (Lipinski definition) is 1. The largest absolute Gasteiger partial charge is 0.398 e. The molecule has 104 valence electrons. The van der Waals surface area contributed by atoms with Crippen molar-refractivity contribution < 1.29 is 4.79 Å². The number of anilines is 1. The Bertz CT molecular complexity index is 465. The predicted molar refractivity (Wildman–Crippen MR) is 81.6 cm³/mol. The first-order valence-electron chi connectivity index (χ1n) is 6.70. The van der Waals surface area contributed by atoms with Crippen LogP contribution < -0.4 is 5.73 Å². The average molecular weight is 325 g/mol. The number of nitrogens with two attached hydrogens (primary N) is 1. The Balaban J connectivity index is 2.16. The van der Waals surface area contributed by atoms with Crippen molar-refractivity contribution >= 4 is 27.5 Å². The number of nitrogen functional groups attached to an aromatic ring is 1. The van der Waals surface area contributed by atoms with Crippen molar-refractivity contribution in [2.45, 2.75) is 39.7 Å². The zero-order chi connectivity index (χ0) is 14.0. The maximum Gasteiger partial charge on any atom is 0.222 e. The average Bonchev–Trinajstić information content (AvgIpc) is 2.46. The zero-order valence-electron chi connectivity index (χ0n) is 11.6. The van der Waals surface area contributed by atoms with Gasteiger partial charge in [-0.2, -0.15) is 0 Å². The van der Waals surface area contributed by atoms with E-state index in [4.69, 9.17) is 5.73 Å². The zero-order valence-corrected chi connectivity index (χ0v) is 13.2. The van der Waals surface area contributed by atoms with E-state index in [1.807, 2.05) is 23.1 Å². The fourth-order valence-corrected chi connectivity index (χ4v) is 2.90. The molecular formula is C15H21BrN2O. The van der Waals surface area contributed by atoms with Gasteiger partial charge in [-0.3, -0.25) is 4.79 Å². The Morgan fingerprint density at radius 3 is 2.79 bits per heavy atom. The normalized spacial score (nSPS) is 19.3. The van der Waals surface area contributed by atoms with E-state index in [1.54, 1.807) is 0 Å². The van der Waals surface area contributed by atoms with Gasteiger partial charge in [0.25, 0.3) is 0 Å². The van der Waals surface area contributed by atoms with Gasteiger partial charge in [0.05, 0.1) is 0 Å². The van der Waals surface area contributed by atoms with Gasteiger partial charge in [0.15, 0.2) is 0 Å². The summed E-state index contributed by atoms with van der Waals surface area (Å²) in [6.07, 6.45) is 2.65. The highest BCUT2D eigenvalue weighted by Gasteiger charge is 2.27. The molecule has 0 spiro atoms. The number of likely N-dealkylation sites (tertiary alicyclic amines) is 1. The van der Waals surface area contributed by atoms with Crippen LogP contribution in [0.3, 0.4) is 0 Å². The lowest BCUT2D eigenvalue weighted by atomic mass is 9.85. The van der Waals surface area contributed by atoms with Gasteiger partial charge in [0, 0.05) is 35.2 Å². The molecule has 1 saturated heterocycles. The maximum absolute atomic E-state index is 12.2. The number of rotatable bonds is 2. The second-order valence-electron chi connectivity index (χ2n) is 6.04. The van der Waals surface area contributed by atoms with Crippen molar-refractivity contribution in [3.63, 3.8) is 0 Å². The molecular weight excluding hydrogens is 304 g/mol. The van der Waals surface area contributed by atoms with Crippen LogP contribution >= 0.6 is 15.9 Å². The molecule has 1 amide bonds. The van der Waals surface area contributed by atoms with E-state index in [-0.39, 0.29) is 11.3 Å². The third-order valence-corrected chi connectivity index (χ3v) is 4.67. The summed E-state index contributed by atoms with van der Waals surface area (Å²) in [6, 6.07) is 5.76. The number of nitrogens with zero attached hydrogens (tertiary/aromatic N) is 1. The van der Waals surface area contributed by atoms with Crippen molar-refractivity contribution in [2.75, 3.05) is 12.3 Å². The SMILES string of the molecule is CC1(C)CCC(=O)N(Cc2c(N)cccc2Br)CC1. The van der Waals surface area contributed by atoms with Crippen LogP contribution in [0, 0.1) is 5.41 Å². The molecule has 0 radical (unpaired) electrons. The summed E-state index contributed by atoms with van der Waals surface area (Å²) in [6.45, 7) is 5.88. The Morgan fingerprint density at radius 2 is 2.11 bits per heavy atom. The van der Waals surface area contributed by atoms with Crippen molar-refractivity contribution in [2.24, 2.45) is 5.41 Å². The summed E-state index contributed by atoms with van der Waals surface area (Å²) in [5, 5.41) is 0. The molecule has 0 unspecified atom stereocenters. The molecule has 2 N–H and O–H groups in total. The quantitative estimate of drug-likeness (QED) is 0.845. The van der Waals surface area contributed by atoms with Crippen molar-refractivity contribution in [3.05, 3.63) is 28.2 Å². The highest BCUT2D eigenvalue weighted by Crippen LogP contribution is 2.32. The van der Waals surface area contributed by atoms with Gasteiger partial charge in [-0.25, -0.2) is 0 Å². The van der Waals surface area contributed by atoms with Gasteiger partial charge in [-0.05, 0) is 30.4 Å². The lowest BCUT2D eigenvalue weighted by Gasteiger charge is -2.24. The molecule has 4 heteroatoms. The second-order valence-corrected chi connectivity index (χ2v) is 6.89. The minimum absolute atomic E-state index is 0.237. The topological polar surface area (TPSA) is 46.3 Å². The monoisotopic (exact) mass is 324 g/mol. The van der Waals surface area contributed by atoms with Crippen LogP contribution in [0.5, 0.6) is 0 Å². The van der Waals surface area contributed by atoms with E-state index < -0.39 is 0 Å². The molecule has 0 bridgehead atoms. The lowest BCUT2D eigenvalue weighted by molar-refractivity contribution is -0.131. The number of carbonyl (C=O) groups excluding carboxylic acids is 1. The van der Waals surface area contributed by atoms with E-state index in [2.05, 4.69) is 29.8 Å². The Labute approximate surface area is 123 Å². The summed E-state index contributed by atoms with van der Waals surface area (Å²) in [5.41, 5.74) is 8.01. The molecule has 2 rings (SSSR count). The first kappa shape index (κ1) is 14.4. The maximum atomic E-state index is 12.2. The fraction of sp³-hybridized carbons (Fsp3) is 0.533. The first-order chi connectivity index (χ1) is 8.89. The molecule has 0 aromatic heterocycles. The van der Waals surface area contributed by atoms with Crippen LogP contribution in [-0.2, 0) is 11.3 Å². The number of carbonyl (C=O) groups is 1. The van der Waals surface area contributed by atoms with Crippen molar-refractivity contribution in [1.82, 2.24) is 4.90 Å². The van der Waals surface area contributed by atoms with Gasteiger partial charge in [0.1, 0.15) is 0 Å². The Kier molecular flexibility index (Phi) is 4.19. The van der Waals surface area contributed by atoms with E-state index in [0.717, 1.165) is 35.1 Å². The Morgan fingerprint density at radius 1 is 1.37 bits per heavy atom. The molecule has 1 aliphatic heterocycles. The summed E-state index contributed by atoms with van der Waals surface area (Å²) in [4.78, 5) is 14.1. The van der Waals surface area contributed by atoms with Crippen molar-refractivity contribution in [3.8, 4) is 0 Å². The van der Waals surface area contributed by atoms with E-state index >= 15 is 0 Å². The molecule has 0 saturated carbocycles. The third kappa shape index (κ3) is 3.50. The number of amides is 1. The second kappa shape index (κ2) is 5.53. The van der Waals surface area contributed by atoms with Crippen LogP contribution in [0.4, 0.5) is 5.69 Å². The minimum atomic E-state index is 0.237. The first-order valence-corrected chi connectivity index (χ1v) is 7.49. The highest BCUT2D eigenvalue weighted by molar-refractivity contribution is 9.10. The molecule has 1 aromatic carbocycles. The van der Waals surface area contributed by atoms with Crippen molar-refractivity contribution in [1.29, 1.82) is 0 Å². The molecule has 19 heavy (non-hydrogen) atoms. The van der Waals surface area contributed by atoms with E-state index in [0.29, 0.717) is 13.0 Å². The van der Waals surface area contributed by atoms with Crippen LogP contribution in [0.25, 0.3) is 0 Å². The molecule has 1 aromatic rings. The fourth-order valence-electron chi connectivity index (χ4n) is 2.39. The third-order valence-electron chi connectivity index (χ3n) is 3.93. The van der Waals surface area contributed by atoms with Gasteiger partial charge in [0.2, 0.25) is 5.91 Å². The smallest absolute Gasteiger partial charge is 0.222 e. The number of halogens is 1. The predicted octanol–water partition coefficient (Wildman–Crippen LogP) is 3.57. The van der Waals surface area contributed by atoms with Crippen LogP contribution in [0.1, 0.15) is 38.7 Å². The minimum Gasteiger partial charge on any atom is -0.398 e.